The highest BCUT2D eigenvalue weighted by atomic mass is 19.4. The van der Waals surface area contributed by atoms with Gasteiger partial charge < -0.3 is 14.5 Å². The number of alkyl halides is 3. The summed E-state index contributed by atoms with van der Waals surface area (Å²) in [5.74, 6) is -1.19. The minimum atomic E-state index is -4.89. The van der Waals surface area contributed by atoms with E-state index in [0.717, 1.165) is 17.8 Å². The maximum absolute atomic E-state index is 13.2. The van der Waals surface area contributed by atoms with E-state index in [9.17, 15) is 38.2 Å². The zero-order valence-corrected chi connectivity index (χ0v) is 16.4. The number of carbonyl (C=O) groups is 1. The molecule has 0 N–H and O–H groups in total. The first-order valence-electron chi connectivity index (χ1n) is 9.32. The van der Waals surface area contributed by atoms with Crippen molar-refractivity contribution in [3.63, 3.8) is 0 Å². The second-order valence-corrected chi connectivity index (χ2v) is 6.87. The zero-order valence-electron chi connectivity index (χ0n) is 16.4. The van der Waals surface area contributed by atoms with Gasteiger partial charge in [-0.15, -0.1) is 0 Å². The summed E-state index contributed by atoms with van der Waals surface area (Å²) < 4.78 is 44.7. The Morgan fingerprint density at radius 3 is 2.03 bits per heavy atom. The molecule has 0 spiro atoms. The Morgan fingerprint density at radius 1 is 0.938 bits per heavy atom. The third-order valence-corrected chi connectivity index (χ3v) is 4.89. The maximum Gasteiger partial charge on any atom is 0.420 e. The lowest BCUT2D eigenvalue weighted by atomic mass is 10.1. The average molecular weight is 454 g/mol. The highest BCUT2D eigenvalue weighted by molar-refractivity contribution is 5.78. The molecule has 3 rings (SSSR count). The molecule has 1 saturated heterocycles. The highest BCUT2D eigenvalue weighted by Crippen LogP contribution is 2.38. The normalized spacial score (nSPS) is 14.2. The summed E-state index contributed by atoms with van der Waals surface area (Å²) in [7, 11) is 0. The Kier molecular flexibility index (Phi) is 6.46. The van der Waals surface area contributed by atoms with Crippen LogP contribution in [0.15, 0.2) is 42.5 Å². The number of hydrogen-bond acceptors (Lipinski definition) is 7. The minimum Gasteiger partial charge on any atom is -0.483 e. The van der Waals surface area contributed by atoms with Crippen molar-refractivity contribution >= 4 is 23.0 Å². The van der Waals surface area contributed by atoms with Crippen LogP contribution in [0, 0.1) is 20.2 Å². The van der Waals surface area contributed by atoms with Crippen LogP contribution in [0.25, 0.3) is 0 Å². The predicted octanol–water partition coefficient (Wildman–Crippen LogP) is 3.25. The average Bonchev–Trinajstić information content (AvgIpc) is 2.76. The van der Waals surface area contributed by atoms with Crippen LogP contribution < -0.4 is 9.64 Å². The molecule has 2 aromatic rings. The van der Waals surface area contributed by atoms with Gasteiger partial charge in [0.2, 0.25) is 0 Å². The van der Waals surface area contributed by atoms with Crippen LogP contribution in [-0.2, 0) is 11.0 Å². The number of nitro groups is 2. The van der Waals surface area contributed by atoms with E-state index >= 15 is 0 Å². The van der Waals surface area contributed by atoms with E-state index in [1.165, 1.54) is 17.0 Å². The molecule has 0 atom stereocenters. The molecule has 0 radical (unpaired) electrons. The fourth-order valence-corrected chi connectivity index (χ4v) is 3.21. The number of hydrogen-bond donors (Lipinski definition) is 0. The van der Waals surface area contributed by atoms with Gasteiger partial charge in [-0.3, -0.25) is 25.0 Å². The van der Waals surface area contributed by atoms with Crippen LogP contribution in [-0.4, -0.2) is 53.4 Å². The van der Waals surface area contributed by atoms with Crippen molar-refractivity contribution in [3.05, 3.63) is 68.3 Å². The predicted molar refractivity (Wildman–Crippen MR) is 105 cm³/mol. The SMILES string of the molecule is O=C(COc1ccc([N+](=O)[O-])cc1C(F)(F)F)N1CCN(c2ccc([N+](=O)[O-])cc2)CC1. The number of nitro benzene ring substituents is 2. The van der Waals surface area contributed by atoms with Gasteiger partial charge >= 0.3 is 6.18 Å². The summed E-state index contributed by atoms with van der Waals surface area (Å²) in [6.07, 6.45) is -4.89. The zero-order chi connectivity index (χ0) is 23.5. The van der Waals surface area contributed by atoms with Crippen molar-refractivity contribution in [2.75, 3.05) is 37.7 Å². The molecular formula is C19H17F3N4O6. The van der Waals surface area contributed by atoms with Crippen molar-refractivity contribution in [3.8, 4) is 5.75 Å². The molecule has 1 fully saturated rings. The van der Waals surface area contributed by atoms with E-state index in [4.69, 9.17) is 4.74 Å². The van der Waals surface area contributed by atoms with Gasteiger partial charge in [-0.25, -0.2) is 0 Å². The second-order valence-electron chi connectivity index (χ2n) is 6.87. The largest absolute Gasteiger partial charge is 0.483 e. The van der Waals surface area contributed by atoms with Gasteiger partial charge in [0.25, 0.3) is 17.3 Å². The van der Waals surface area contributed by atoms with Crippen LogP contribution in [0.5, 0.6) is 5.75 Å². The van der Waals surface area contributed by atoms with Crippen molar-refractivity contribution in [1.82, 2.24) is 4.90 Å². The fourth-order valence-electron chi connectivity index (χ4n) is 3.21. The smallest absolute Gasteiger partial charge is 0.420 e. The molecule has 2 aromatic carbocycles. The van der Waals surface area contributed by atoms with E-state index in [-0.39, 0.29) is 18.8 Å². The van der Waals surface area contributed by atoms with Crippen LogP contribution in [0.4, 0.5) is 30.2 Å². The topological polar surface area (TPSA) is 119 Å². The van der Waals surface area contributed by atoms with Gasteiger partial charge in [0.1, 0.15) is 11.3 Å². The molecule has 0 aromatic heterocycles. The molecule has 0 aliphatic carbocycles. The minimum absolute atomic E-state index is 0.0378. The Labute approximate surface area is 179 Å². The van der Waals surface area contributed by atoms with Crippen LogP contribution >= 0.6 is 0 Å². The van der Waals surface area contributed by atoms with E-state index in [1.807, 2.05) is 4.90 Å². The Morgan fingerprint density at radius 2 is 1.50 bits per heavy atom. The third-order valence-electron chi connectivity index (χ3n) is 4.89. The Hall–Kier alpha value is -3.90. The summed E-state index contributed by atoms with van der Waals surface area (Å²) >= 11 is 0. The number of amides is 1. The molecule has 1 heterocycles. The van der Waals surface area contributed by atoms with Crippen molar-refractivity contribution in [2.45, 2.75) is 6.18 Å². The number of non-ortho nitro benzene ring substituents is 2. The Bertz CT molecular complexity index is 1020. The quantitative estimate of drug-likeness (QED) is 0.485. The summed E-state index contributed by atoms with van der Waals surface area (Å²) in [5, 5.41) is 21.5. The molecule has 0 bridgehead atoms. The number of nitrogens with zero attached hydrogens (tertiary/aromatic N) is 4. The molecule has 13 heteroatoms. The van der Waals surface area contributed by atoms with Crippen LogP contribution in [0.1, 0.15) is 5.56 Å². The lowest BCUT2D eigenvalue weighted by Gasteiger charge is -2.36. The molecule has 1 amide bonds. The van der Waals surface area contributed by atoms with Gasteiger partial charge in [-0.2, -0.15) is 13.2 Å². The molecule has 32 heavy (non-hydrogen) atoms. The molecule has 10 nitrogen and oxygen atoms in total. The number of ether oxygens (including phenoxy) is 1. The van der Waals surface area contributed by atoms with Crippen LogP contribution in [0.2, 0.25) is 0 Å². The molecule has 1 aliphatic rings. The number of halogens is 3. The first-order chi connectivity index (χ1) is 15.1. The van der Waals surface area contributed by atoms with Crippen molar-refractivity contribution in [2.24, 2.45) is 0 Å². The first-order valence-corrected chi connectivity index (χ1v) is 9.32. The lowest BCUT2D eigenvalue weighted by Crippen LogP contribution is -2.50. The molecule has 0 saturated carbocycles. The number of benzene rings is 2. The van der Waals surface area contributed by atoms with Crippen LogP contribution in [0.3, 0.4) is 0 Å². The highest BCUT2D eigenvalue weighted by Gasteiger charge is 2.36. The molecule has 170 valence electrons. The third kappa shape index (κ3) is 5.22. The van der Waals surface area contributed by atoms with Crippen molar-refractivity contribution in [1.29, 1.82) is 0 Å². The standard InChI is InChI=1S/C19H17F3N4O6/c20-19(21,22)16-11-15(26(30)31)5-6-17(16)32-12-18(27)24-9-7-23(8-10-24)13-1-3-14(4-2-13)25(28)29/h1-6,11H,7-10,12H2. The second kappa shape index (κ2) is 9.08. The van der Waals surface area contributed by atoms with Gasteiger partial charge in [0.15, 0.2) is 6.61 Å². The van der Waals surface area contributed by atoms with E-state index in [0.29, 0.717) is 19.2 Å². The number of rotatable bonds is 6. The van der Waals surface area contributed by atoms with Gasteiger partial charge in [-0.1, -0.05) is 0 Å². The summed E-state index contributed by atoms with van der Waals surface area (Å²) in [5.41, 5.74) is -1.36. The monoisotopic (exact) mass is 454 g/mol. The summed E-state index contributed by atoms with van der Waals surface area (Å²) in [4.78, 5) is 35.8. The van der Waals surface area contributed by atoms with Gasteiger partial charge in [0.05, 0.1) is 9.85 Å². The summed E-state index contributed by atoms with van der Waals surface area (Å²) in [6.45, 7) is 0.763. The van der Waals surface area contributed by atoms with Gasteiger partial charge in [-0.05, 0) is 18.2 Å². The lowest BCUT2D eigenvalue weighted by molar-refractivity contribution is -0.385. The van der Waals surface area contributed by atoms with E-state index < -0.39 is 45.5 Å². The Balaban J connectivity index is 1.59. The van der Waals surface area contributed by atoms with E-state index in [2.05, 4.69) is 0 Å². The first kappa shape index (κ1) is 22.8. The fraction of sp³-hybridized carbons (Fsp3) is 0.316. The molecule has 1 aliphatic heterocycles. The van der Waals surface area contributed by atoms with Crippen molar-refractivity contribution < 1.29 is 32.5 Å². The van der Waals surface area contributed by atoms with Gasteiger partial charge in [0, 0.05) is 56.1 Å². The summed E-state index contributed by atoms with van der Waals surface area (Å²) in [6, 6.07) is 8.02. The number of carbonyl (C=O) groups excluding carboxylic acids is 1. The number of piperazine rings is 1. The molecule has 0 unspecified atom stereocenters. The molecular weight excluding hydrogens is 437 g/mol. The number of anilines is 1. The van der Waals surface area contributed by atoms with E-state index in [1.54, 1.807) is 12.1 Å². The maximum atomic E-state index is 13.2.